The maximum Gasteiger partial charge on any atom is 0.0110 e. The van der Waals surface area contributed by atoms with E-state index in [4.69, 9.17) is 0 Å². The Bertz CT molecular complexity index is 156. The van der Waals surface area contributed by atoms with Crippen molar-refractivity contribution in [3.63, 3.8) is 0 Å². The van der Waals surface area contributed by atoms with E-state index in [0.717, 1.165) is 12.0 Å². The third kappa shape index (κ3) is 3.58. The van der Waals surface area contributed by atoms with Crippen LogP contribution >= 0.6 is 0 Å². The van der Waals surface area contributed by atoms with Crippen molar-refractivity contribution in [2.24, 2.45) is 5.92 Å². The van der Waals surface area contributed by atoms with Crippen LogP contribution in [-0.4, -0.2) is 37.1 Å². The number of hydrogen-bond donors (Lipinski definition) is 1. The predicted octanol–water partition coefficient (Wildman–Crippen LogP) is 2.10. The minimum Gasteiger partial charge on any atom is -0.311 e. The first-order chi connectivity index (χ1) is 6.63. The zero-order chi connectivity index (χ0) is 10.6. The minimum absolute atomic E-state index is 0.623. The molecule has 1 fully saturated rings. The summed E-state index contributed by atoms with van der Waals surface area (Å²) < 4.78 is 0. The molecule has 0 bridgehead atoms. The fourth-order valence-corrected chi connectivity index (χ4v) is 2.50. The van der Waals surface area contributed by atoms with Gasteiger partial charge in [-0.05, 0) is 32.4 Å². The highest BCUT2D eigenvalue weighted by atomic mass is 15.1. The van der Waals surface area contributed by atoms with Crippen LogP contribution in [0.3, 0.4) is 0 Å². The van der Waals surface area contributed by atoms with Gasteiger partial charge in [0.05, 0.1) is 0 Å². The number of nitrogens with one attached hydrogen (secondary N) is 1. The lowest BCUT2D eigenvalue weighted by Gasteiger charge is -2.28. The van der Waals surface area contributed by atoms with Crippen LogP contribution in [0, 0.1) is 5.92 Å². The quantitative estimate of drug-likeness (QED) is 0.747. The highest BCUT2D eigenvalue weighted by molar-refractivity contribution is 4.82. The van der Waals surface area contributed by atoms with E-state index in [-0.39, 0.29) is 0 Å². The molecule has 0 aromatic rings. The van der Waals surface area contributed by atoms with Crippen molar-refractivity contribution in [2.75, 3.05) is 20.1 Å². The molecule has 2 nitrogen and oxygen atoms in total. The number of likely N-dealkylation sites (tertiary alicyclic amines) is 1. The lowest BCUT2D eigenvalue weighted by atomic mass is 9.94. The van der Waals surface area contributed by atoms with Crippen LogP contribution in [0.15, 0.2) is 0 Å². The molecule has 1 saturated heterocycles. The Hall–Kier alpha value is -0.0800. The van der Waals surface area contributed by atoms with Gasteiger partial charge in [0.25, 0.3) is 0 Å². The molecule has 0 spiro atoms. The van der Waals surface area contributed by atoms with Gasteiger partial charge < -0.3 is 10.2 Å². The molecular weight excluding hydrogens is 172 g/mol. The first-order valence-corrected chi connectivity index (χ1v) is 6.08. The van der Waals surface area contributed by atoms with E-state index in [1.807, 2.05) is 0 Å². The second kappa shape index (κ2) is 5.72. The van der Waals surface area contributed by atoms with Crippen LogP contribution in [0.25, 0.3) is 0 Å². The van der Waals surface area contributed by atoms with E-state index in [0.29, 0.717) is 6.04 Å². The average molecular weight is 198 g/mol. The Morgan fingerprint density at radius 2 is 2.14 bits per heavy atom. The van der Waals surface area contributed by atoms with Crippen molar-refractivity contribution in [2.45, 2.75) is 52.1 Å². The molecule has 0 aromatic heterocycles. The van der Waals surface area contributed by atoms with Crippen LogP contribution < -0.4 is 5.32 Å². The molecule has 1 aliphatic rings. The summed E-state index contributed by atoms with van der Waals surface area (Å²) in [6.45, 7) is 9.36. The van der Waals surface area contributed by atoms with Crippen LogP contribution in [0.1, 0.15) is 40.0 Å². The molecule has 0 saturated carbocycles. The SMILES string of the molecule is CCC1CN(C)CCCC1NC(C)C. The van der Waals surface area contributed by atoms with Crippen molar-refractivity contribution in [1.82, 2.24) is 10.2 Å². The highest BCUT2D eigenvalue weighted by Crippen LogP contribution is 2.19. The highest BCUT2D eigenvalue weighted by Gasteiger charge is 2.24. The lowest BCUT2D eigenvalue weighted by molar-refractivity contribution is 0.257. The summed E-state index contributed by atoms with van der Waals surface area (Å²) in [5, 5.41) is 3.72. The van der Waals surface area contributed by atoms with Gasteiger partial charge in [-0.1, -0.05) is 27.2 Å². The van der Waals surface area contributed by atoms with Crippen molar-refractivity contribution in [3.8, 4) is 0 Å². The fourth-order valence-electron chi connectivity index (χ4n) is 2.50. The molecular formula is C12H26N2. The third-order valence-electron chi connectivity index (χ3n) is 3.24. The van der Waals surface area contributed by atoms with Crippen molar-refractivity contribution < 1.29 is 0 Å². The Labute approximate surface area is 89.1 Å². The Morgan fingerprint density at radius 3 is 2.71 bits per heavy atom. The van der Waals surface area contributed by atoms with Gasteiger partial charge in [-0.25, -0.2) is 0 Å². The second-order valence-electron chi connectivity index (χ2n) is 5.00. The molecule has 2 unspecified atom stereocenters. The van der Waals surface area contributed by atoms with E-state index in [9.17, 15) is 0 Å². The van der Waals surface area contributed by atoms with Crippen molar-refractivity contribution in [3.05, 3.63) is 0 Å². The summed E-state index contributed by atoms with van der Waals surface area (Å²) in [4.78, 5) is 2.48. The summed E-state index contributed by atoms with van der Waals surface area (Å²) in [5.74, 6) is 0.838. The minimum atomic E-state index is 0.623. The van der Waals surface area contributed by atoms with Gasteiger partial charge in [0, 0.05) is 18.6 Å². The lowest BCUT2D eigenvalue weighted by Crippen LogP contribution is -2.42. The van der Waals surface area contributed by atoms with E-state index in [1.54, 1.807) is 0 Å². The predicted molar refractivity (Wildman–Crippen MR) is 62.6 cm³/mol. The molecule has 84 valence electrons. The molecule has 1 rings (SSSR count). The van der Waals surface area contributed by atoms with E-state index in [1.165, 1.54) is 32.4 Å². The largest absolute Gasteiger partial charge is 0.311 e. The van der Waals surface area contributed by atoms with Crippen LogP contribution in [0.4, 0.5) is 0 Å². The topological polar surface area (TPSA) is 15.3 Å². The molecule has 0 aromatic carbocycles. The molecule has 2 heteroatoms. The maximum atomic E-state index is 3.72. The second-order valence-corrected chi connectivity index (χ2v) is 5.00. The van der Waals surface area contributed by atoms with Gasteiger partial charge in [-0.3, -0.25) is 0 Å². The monoisotopic (exact) mass is 198 g/mol. The number of rotatable bonds is 3. The first-order valence-electron chi connectivity index (χ1n) is 6.08. The summed E-state index contributed by atoms with van der Waals surface area (Å²) in [5.41, 5.74) is 0. The van der Waals surface area contributed by atoms with Crippen LogP contribution in [-0.2, 0) is 0 Å². The Morgan fingerprint density at radius 1 is 1.43 bits per heavy atom. The molecule has 2 atom stereocenters. The molecule has 1 heterocycles. The van der Waals surface area contributed by atoms with Gasteiger partial charge >= 0.3 is 0 Å². The zero-order valence-electron chi connectivity index (χ0n) is 10.2. The first kappa shape index (κ1) is 12.0. The van der Waals surface area contributed by atoms with Gasteiger partial charge in [0.2, 0.25) is 0 Å². The summed E-state index contributed by atoms with van der Waals surface area (Å²) in [7, 11) is 2.25. The summed E-state index contributed by atoms with van der Waals surface area (Å²) >= 11 is 0. The van der Waals surface area contributed by atoms with E-state index >= 15 is 0 Å². The zero-order valence-corrected chi connectivity index (χ0v) is 10.2. The van der Waals surface area contributed by atoms with Crippen molar-refractivity contribution in [1.29, 1.82) is 0 Å². The van der Waals surface area contributed by atoms with Crippen LogP contribution in [0.2, 0.25) is 0 Å². The van der Waals surface area contributed by atoms with Crippen molar-refractivity contribution >= 4 is 0 Å². The van der Waals surface area contributed by atoms with Gasteiger partial charge in [0.15, 0.2) is 0 Å². The summed E-state index contributed by atoms with van der Waals surface area (Å²) in [6.07, 6.45) is 3.99. The Kier molecular flexibility index (Phi) is 4.90. The molecule has 1 aliphatic heterocycles. The smallest absolute Gasteiger partial charge is 0.0110 e. The molecule has 14 heavy (non-hydrogen) atoms. The van der Waals surface area contributed by atoms with Crippen LogP contribution in [0.5, 0.6) is 0 Å². The Balaban J connectivity index is 2.51. The molecule has 0 amide bonds. The van der Waals surface area contributed by atoms with E-state index in [2.05, 4.69) is 38.0 Å². The maximum absolute atomic E-state index is 3.72. The normalized spacial score (nSPS) is 30.6. The molecule has 1 N–H and O–H groups in total. The standard InChI is InChI=1S/C12H26N2/c1-5-11-9-14(4)8-6-7-12(11)13-10(2)3/h10-13H,5-9H2,1-4H3. The van der Waals surface area contributed by atoms with Gasteiger partial charge in [0.1, 0.15) is 0 Å². The van der Waals surface area contributed by atoms with Gasteiger partial charge in [-0.15, -0.1) is 0 Å². The average Bonchev–Trinajstić information content (AvgIpc) is 2.27. The number of hydrogen-bond acceptors (Lipinski definition) is 2. The van der Waals surface area contributed by atoms with Gasteiger partial charge in [-0.2, -0.15) is 0 Å². The third-order valence-corrected chi connectivity index (χ3v) is 3.24. The number of nitrogens with zero attached hydrogens (tertiary/aromatic N) is 1. The molecule has 0 aliphatic carbocycles. The van der Waals surface area contributed by atoms with E-state index < -0.39 is 0 Å². The molecule has 0 radical (unpaired) electrons. The summed E-state index contributed by atoms with van der Waals surface area (Å²) in [6, 6.07) is 1.36. The fraction of sp³-hybridized carbons (Fsp3) is 1.00.